The number of nitrogens with zero attached hydrogens (tertiary/aromatic N) is 1. The van der Waals surface area contributed by atoms with Gasteiger partial charge in [-0.25, -0.2) is 0 Å². The van der Waals surface area contributed by atoms with E-state index in [1.54, 1.807) is 6.07 Å². The van der Waals surface area contributed by atoms with E-state index >= 15 is 0 Å². The standard InChI is InChI=1S/C20H23N3O2/c1-13-3-5-15(6-4-13)18-10-9-17(14(2)22-18)20(25)21-12-11-19(24)23-16-7-8-16/h3-6,9-10,16H,7-8,11-12H2,1-2H3,(H,21,25)(H,23,24). The molecule has 1 aromatic heterocycles. The summed E-state index contributed by atoms with van der Waals surface area (Å²) in [6, 6.07) is 12.1. The lowest BCUT2D eigenvalue weighted by atomic mass is 10.1. The van der Waals surface area contributed by atoms with Gasteiger partial charge in [-0.3, -0.25) is 14.6 Å². The van der Waals surface area contributed by atoms with Crippen molar-refractivity contribution in [1.29, 1.82) is 0 Å². The fourth-order valence-corrected chi connectivity index (χ4v) is 2.60. The van der Waals surface area contributed by atoms with Crippen molar-refractivity contribution in [3.8, 4) is 11.3 Å². The number of nitrogens with one attached hydrogen (secondary N) is 2. The molecule has 25 heavy (non-hydrogen) atoms. The van der Waals surface area contributed by atoms with E-state index in [-0.39, 0.29) is 11.8 Å². The second-order valence-electron chi connectivity index (χ2n) is 6.54. The molecule has 1 aliphatic rings. The second kappa shape index (κ2) is 7.47. The molecule has 2 amide bonds. The normalized spacial score (nSPS) is 13.4. The zero-order chi connectivity index (χ0) is 17.8. The maximum absolute atomic E-state index is 12.3. The minimum absolute atomic E-state index is 0.00707. The summed E-state index contributed by atoms with van der Waals surface area (Å²) in [6.45, 7) is 4.20. The summed E-state index contributed by atoms with van der Waals surface area (Å²) >= 11 is 0. The molecule has 0 unspecified atom stereocenters. The predicted octanol–water partition coefficient (Wildman–Crippen LogP) is 2.76. The van der Waals surface area contributed by atoms with Crippen LogP contribution in [0.5, 0.6) is 0 Å². The van der Waals surface area contributed by atoms with Gasteiger partial charge in [-0.1, -0.05) is 29.8 Å². The minimum atomic E-state index is -0.195. The van der Waals surface area contributed by atoms with Gasteiger partial charge in [-0.15, -0.1) is 0 Å². The zero-order valence-electron chi connectivity index (χ0n) is 14.6. The van der Waals surface area contributed by atoms with Gasteiger partial charge < -0.3 is 10.6 Å². The van der Waals surface area contributed by atoms with Gasteiger partial charge in [0, 0.05) is 24.6 Å². The number of aryl methyl sites for hydroxylation is 2. The fourth-order valence-electron chi connectivity index (χ4n) is 2.60. The van der Waals surface area contributed by atoms with Crippen LogP contribution in [-0.2, 0) is 4.79 Å². The number of hydrogen-bond donors (Lipinski definition) is 2. The summed E-state index contributed by atoms with van der Waals surface area (Å²) in [5, 5.41) is 5.70. The Morgan fingerprint density at radius 3 is 2.44 bits per heavy atom. The lowest BCUT2D eigenvalue weighted by Gasteiger charge is -2.09. The predicted molar refractivity (Wildman–Crippen MR) is 97.3 cm³/mol. The average molecular weight is 337 g/mol. The Labute approximate surface area is 147 Å². The zero-order valence-corrected chi connectivity index (χ0v) is 14.6. The van der Waals surface area contributed by atoms with Crippen molar-refractivity contribution in [2.45, 2.75) is 39.2 Å². The van der Waals surface area contributed by atoms with E-state index in [9.17, 15) is 9.59 Å². The van der Waals surface area contributed by atoms with Crippen LogP contribution in [0, 0.1) is 13.8 Å². The molecule has 0 aliphatic heterocycles. The van der Waals surface area contributed by atoms with Gasteiger partial charge in [0.15, 0.2) is 0 Å². The van der Waals surface area contributed by atoms with Crippen LogP contribution in [0.1, 0.15) is 40.9 Å². The van der Waals surface area contributed by atoms with Crippen molar-refractivity contribution in [3.05, 3.63) is 53.2 Å². The summed E-state index contributed by atoms with van der Waals surface area (Å²) in [5.41, 5.74) is 4.29. The van der Waals surface area contributed by atoms with Crippen LogP contribution >= 0.6 is 0 Å². The van der Waals surface area contributed by atoms with Gasteiger partial charge >= 0.3 is 0 Å². The highest BCUT2D eigenvalue weighted by Crippen LogP contribution is 2.20. The first kappa shape index (κ1) is 17.1. The Balaban J connectivity index is 1.58. The van der Waals surface area contributed by atoms with Gasteiger partial charge in [0.05, 0.1) is 17.0 Å². The largest absolute Gasteiger partial charge is 0.353 e. The molecule has 3 rings (SSSR count). The molecular weight excluding hydrogens is 314 g/mol. The van der Waals surface area contributed by atoms with E-state index in [1.807, 2.05) is 44.2 Å². The van der Waals surface area contributed by atoms with Crippen LogP contribution in [0.15, 0.2) is 36.4 Å². The number of benzene rings is 1. The highest BCUT2D eigenvalue weighted by Gasteiger charge is 2.22. The second-order valence-corrected chi connectivity index (χ2v) is 6.54. The number of hydrogen-bond acceptors (Lipinski definition) is 3. The Hall–Kier alpha value is -2.69. The van der Waals surface area contributed by atoms with Gasteiger partial charge in [-0.2, -0.15) is 0 Å². The smallest absolute Gasteiger partial charge is 0.253 e. The molecule has 2 aromatic rings. The molecule has 130 valence electrons. The molecule has 0 atom stereocenters. The lowest BCUT2D eigenvalue weighted by molar-refractivity contribution is -0.121. The molecule has 0 spiro atoms. The molecule has 1 fully saturated rings. The third kappa shape index (κ3) is 4.66. The molecule has 0 bridgehead atoms. The highest BCUT2D eigenvalue weighted by molar-refractivity contribution is 5.95. The van der Waals surface area contributed by atoms with Gasteiger partial charge in [0.25, 0.3) is 5.91 Å². The summed E-state index contributed by atoms with van der Waals surface area (Å²) in [7, 11) is 0. The van der Waals surface area contributed by atoms with Crippen LogP contribution in [0.2, 0.25) is 0 Å². The number of carbonyl (C=O) groups excluding carboxylic acids is 2. The first-order valence-corrected chi connectivity index (χ1v) is 8.65. The number of aromatic nitrogens is 1. The monoisotopic (exact) mass is 337 g/mol. The minimum Gasteiger partial charge on any atom is -0.353 e. The molecule has 2 N–H and O–H groups in total. The van der Waals surface area contributed by atoms with Crippen LogP contribution in [-0.4, -0.2) is 29.4 Å². The molecule has 5 nitrogen and oxygen atoms in total. The SMILES string of the molecule is Cc1ccc(-c2ccc(C(=O)NCCC(=O)NC3CC3)c(C)n2)cc1. The summed E-state index contributed by atoms with van der Waals surface area (Å²) in [6.07, 6.45) is 2.43. The van der Waals surface area contributed by atoms with Gasteiger partial charge in [-0.05, 0) is 38.8 Å². The van der Waals surface area contributed by atoms with Crippen molar-refractivity contribution in [3.63, 3.8) is 0 Å². The maximum Gasteiger partial charge on any atom is 0.253 e. The van der Waals surface area contributed by atoms with Gasteiger partial charge in [0.1, 0.15) is 0 Å². The van der Waals surface area contributed by atoms with Crippen LogP contribution < -0.4 is 10.6 Å². The lowest BCUT2D eigenvalue weighted by Crippen LogP contribution is -2.32. The number of pyridine rings is 1. The Bertz CT molecular complexity index is 780. The summed E-state index contributed by atoms with van der Waals surface area (Å²) < 4.78 is 0. The van der Waals surface area contributed by atoms with E-state index in [1.165, 1.54) is 5.56 Å². The third-order valence-corrected chi connectivity index (χ3v) is 4.26. The van der Waals surface area contributed by atoms with Crippen LogP contribution in [0.3, 0.4) is 0 Å². The molecule has 1 heterocycles. The first-order chi connectivity index (χ1) is 12.0. The van der Waals surface area contributed by atoms with E-state index < -0.39 is 0 Å². The molecule has 5 heteroatoms. The molecule has 1 aliphatic carbocycles. The van der Waals surface area contributed by atoms with E-state index in [2.05, 4.69) is 15.6 Å². The van der Waals surface area contributed by atoms with Crippen molar-refractivity contribution in [2.24, 2.45) is 0 Å². The van der Waals surface area contributed by atoms with Crippen molar-refractivity contribution in [1.82, 2.24) is 15.6 Å². The Morgan fingerprint density at radius 2 is 1.80 bits per heavy atom. The maximum atomic E-state index is 12.3. The van der Waals surface area contributed by atoms with Crippen molar-refractivity contribution >= 4 is 11.8 Å². The molecule has 0 radical (unpaired) electrons. The quantitative estimate of drug-likeness (QED) is 0.851. The number of carbonyl (C=O) groups is 2. The van der Waals surface area contributed by atoms with Crippen molar-refractivity contribution in [2.75, 3.05) is 6.54 Å². The van der Waals surface area contributed by atoms with Crippen molar-refractivity contribution < 1.29 is 9.59 Å². The summed E-state index contributed by atoms with van der Waals surface area (Å²) in [4.78, 5) is 28.5. The Morgan fingerprint density at radius 1 is 1.08 bits per heavy atom. The fraction of sp³-hybridized carbons (Fsp3) is 0.350. The van der Waals surface area contributed by atoms with Crippen LogP contribution in [0.25, 0.3) is 11.3 Å². The molecule has 1 saturated carbocycles. The van der Waals surface area contributed by atoms with E-state index in [0.717, 1.165) is 24.1 Å². The topological polar surface area (TPSA) is 71.1 Å². The number of amides is 2. The highest BCUT2D eigenvalue weighted by atomic mass is 16.2. The Kier molecular flexibility index (Phi) is 5.12. The summed E-state index contributed by atoms with van der Waals surface area (Å²) in [5.74, 6) is -0.202. The third-order valence-electron chi connectivity index (χ3n) is 4.26. The van der Waals surface area contributed by atoms with Gasteiger partial charge in [0.2, 0.25) is 5.91 Å². The first-order valence-electron chi connectivity index (χ1n) is 8.65. The van der Waals surface area contributed by atoms with E-state index in [0.29, 0.717) is 30.3 Å². The molecular formula is C20H23N3O2. The number of rotatable bonds is 6. The van der Waals surface area contributed by atoms with Crippen LogP contribution in [0.4, 0.5) is 0 Å². The van der Waals surface area contributed by atoms with E-state index in [4.69, 9.17) is 0 Å². The molecule has 0 saturated heterocycles. The molecule has 1 aromatic carbocycles. The average Bonchev–Trinajstić information content (AvgIpc) is 3.39.